The second-order valence-corrected chi connectivity index (χ2v) is 11.5. The molecule has 0 spiro atoms. The maximum atomic E-state index is 13.7. The third-order valence-corrected chi connectivity index (χ3v) is 8.71. The van der Waals surface area contributed by atoms with Crippen LogP contribution in [0.5, 0.6) is 5.75 Å². The van der Waals surface area contributed by atoms with E-state index in [9.17, 15) is 18.3 Å². The van der Waals surface area contributed by atoms with Crippen molar-refractivity contribution in [3.05, 3.63) is 89.7 Å². The lowest BCUT2D eigenvalue weighted by Crippen LogP contribution is -2.50. The average Bonchev–Trinajstić information content (AvgIpc) is 2.93. The Labute approximate surface area is 224 Å². The molecule has 0 fully saturated rings. The molecule has 1 N–H and O–H groups in total. The molecule has 1 aliphatic heterocycles. The van der Waals surface area contributed by atoms with E-state index in [4.69, 9.17) is 4.74 Å². The lowest BCUT2D eigenvalue weighted by Gasteiger charge is -2.37. The molecule has 0 unspecified atom stereocenters. The lowest BCUT2D eigenvalue weighted by atomic mass is 10.0. The predicted octanol–water partition coefficient (Wildman–Crippen LogP) is 3.79. The molecule has 1 aromatic heterocycles. The van der Waals surface area contributed by atoms with Crippen LogP contribution in [0, 0.1) is 5.92 Å². The number of amides is 1. The Bertz CT molecular complexity index is 1380. The SMILES string of the molecule is C[C@H]1CN([C@@H](C)CO)S(=O)(=O)c2ccc(/C=C/c3ccccc3)cc2O[C@H]1CN(C)C(=O)c1ccncc1. The third kappa shape index (κ3) is 6.12. The number of benzene rings is 2. The third-order valence-electron chi connectivity index (χ3n) is 6.69. The van der Waals surface area contributed by atoms with Gasteiger partial charge in [0.2, 0.25) is 10.0 Å². The number of likely N-dealkylation sites (N-methyl/N-ethyl adjacent to an activating group) is 1. The number of pyridine rings is 1. The maximum absolute atomic E-state index is 13.7. The van der Waals surface area contributed by atoms with Gasteiger partial charge in [-0.15, -0.1) is 0 Å². The van der Waals surface area contributed by atoms with Crippen LogP contribution in [0.25, 0.3) is 12.2 Å². The Morgan fingerprint density at radius 3 is 2.50 bits per heavy atom. The van der Waals surface area contributed by atoms with E-state index in [1.54, 1.807) is 61.6 Å². The first-order chi connectivity index (χ1) is 18.2. The molecule has 0 saturated heterocycles. The first-order valence-electron chi connectivity index (χ1n) is 12.5. The summed E-state index contributed by atoms with van der Waals surface area (Å²) in [6, 6.07) is 17.5. The van der Waals surface area contributed by atoms with Gasteiger partial charge in [-0.05, 0) is 42.3 Å². The second kappa shape index (κ2) is 11.9. The number of fused-ring (bicyclic) bond motifs is 1. The zero-order chi connectivity index (χ0) is 27.3. The highest BCUT2D eigenvalue weighted by molar-refractivity contribution is 7.89. The number of hydrogen-bond donors (Lipinski definition) is 1. The van der Waals surface area contributed by atoms with Crippen molar-refractivity contribution in [1.29, 1.82) is 0 Å². The first kappa shape index (κ1) is 27.5. The summed E-state index contributed by atoms with van der Waals surface area (Å²) in [6.07, 6.45) is 6.48. The van der Waals surface area contributed by atoms with Crippen molar-refractivity contribution < 1.29 is 23.1 Å². The minimum atomic E-state index is -3.95. The molecule has 0 aliphatic carbocycles. The lowest BCUT2D eigenvalue weighted by molar-refractivity contribution is 0.0563. The summed E-state index contributed by atoms with van der Waals surface area (Å²) in [4.78, 5) is 18.6. The van der Waals surface area contributed by atoms with Crippen LogP contribution < -0.4 is 4.74 Å². The standard InChI is InChI=1S/C29H33N3O5S/c1-21-18-32(22(2)20-33)38(35,36)28-12-11-24(10-9-23-7-5-4-6-8-23)17-26(28)37-27(21)19-31(3)29(34)25-13-15-30-16-14-25/h4-17,21-22,27,33H,18-20H2,1-3H3/b10-9+/t21-,22-,27-/m0/s1. The monoisotopic (exact) mass is 535 g/mol. The van der Waals surface area contributed by atoms with E-state index in [1.165, 1.54) is 4.31 Å². The van der Waals surface area contributed by atoms with E-state index in [1.807, 2.05) is 49.4 Å². The normalized spacial score (nSPS) is 20.1. The smallest absolute Gasteiger partial charge is 0.253 e. The van der Waals surface area contributed by atoms with Gasteiger partial charge < -0.3 is 14.7 Å². The number of sulfonamides is 1. The van der Waals surface area contributed by atoms with Gasteiger partial charge in [-0.1, -0.05) is 55.5 Å². The number of nitrogens with zero attached hydrogens (tertiary/aromatic N) is 3. The molecule has 2 heterocycles. The van der Waals surface area contributed by atoms with E-state index in [0.29, 0.717) is 5.56 Å². The molecular weight excluding hydrogens is 502 g/mol. The summed E-state index contributed by atoms with van der Waals surface area (Å²) in [7, 11) is -2.25. The molecule has 38 heavy (non-hydrogen) atoms. The summed E-state index contributed by atoms with van der Waals surface area (Å²) in [5.74, 6) is -0.238. The van der Waals surface area contributed by atoms with Gasteiger partial charge in [0.15, 0.2) is 0 Å². The van der Waals surface area contributed by atoms with E-state index in [-0.39, 0.29) is 42.2 Å². The fourth-order valence-corrected chi connectivity index (χ4v) is 6.21. The average molecular weight is 536 g/mol. The Balaban J connectivity index is 1.70. The summed E-state index contributed by atoms with van der Waals surface area (Å²) in [6.45, 7) is 3.64. The molecule has 1 aliphatic rings. The van der Waals surface area contributed by atoms with Gasteiger partial charge in [0.1, 0.15) is 16.7 Å². The van der Waals surface area contributed by atoms with Gasteiger partial charge in [-0.3, -0.25) is 9.78 Å². The highest BCUT2D eigenvalue weighted by Crippen LogP contribution is 2.34. The molecule has 0 radical (unpaired) electrons. The van der Waals surface area contributed by atoms with Crippen LogP contribution in [0.3, 0.4) is 0 Å². The summed E-state index contributed by atoms with van der Waals surface area (Å²) in [5.41, 5.74) is 2.30. The zero-order valence-corrected chi connectivity index (χ0v) is 22.6. The molecular formula is C29H33N3O5S. The molecule has 8 nitrogen and oxygen atoms in total. The van der Waals surface area contributed by atoms with Crippen LogP contribution in [0.4, 0.5) is 0 Å². The topological polar surface area (TPSA) is 100 Å². The summed E-state index contributed by atoms with van der Waals surface area (Å²) in [5, 5.41) is 9.84. The molecule has 4 rings (SSSR count). The van der Waals surface area contributed by atoms with E-state index < -0.39 is 22.2 Å². The number of aliphatic hydroxyl groups is 1. The minimum Gasteiger partial charge on any atom is -0.487 e. The van der Waals surface area contributed by atoms with Crippen LogP contribution >= 0.6 is 0 Å². The van der Waals surface area contributed by atoms with Gasteiger partial charge in [-0.2, -0.15) is 4.31 Å². The van der Waals surface area contributed by atoms with Crippen molar-refractivity contribution in [3.63, 3.8) is 0 Å². The number of ether oxygens (including phenoxy) is 1. The fraction of sp³-hybridized carbons (Fsp3) is 0.310. The van der Waals surface area contributed by atoms with Crippen LogP contribution in [0.2, 0.25) is 0 Å². The number of rotatable bonds is 7. The first-order valence-corrected chi connectivity index (χ1v) is 14.0. The Kier molecular flexibility index (Phi) is 8.61. The molecule has 0 saturated carbocycles. The molecule has 2 aromatic carbocycles. The largest absolute Gasteiger partial charge is 0.487 e. The van der Waals surface area contributed by atoms with Crippen molar-refractivity contribution in [2.75, 3.05) is 26.7 Å². The van der Waals surface area contributed by atoms with Crippen LogP contribution in [-0.2, 0) is 10.0 Å². The number of aromatic nitrogens is 1. The van der Waals surface area contributed by atoms with Gasteiger partial charge in [0, 0.05) is 43.5 Å². The maximum Gasteiger partial charge on any atom is 0.253 e. The van der Waals surface area contributed by atoms with Crippen molar-refractivity contribution >= 4 is 28.1 Å². The fourth-order valence-electron chi connectivity index (χ4n) is 4.39. The van der Waals surface area contributed by atoms with E-state index in [2.05, 4.69) is 4.98 Å². The van der Waals surface area contributed by atoms with Crippen molar-refractivity contribution in [2.45, 2.75) is 30.9 Å². The summed E-state index contributed by atoms with van der Waals surface area (Å²) >= 11 is 0. The van der Waals surface area contributed by atoms with E-state index in [0.717, 1.165) is 11.1 Å². The Morgan fingerprint density at radius 1 is 1.13 bits per heavy atom. The highest BCUT2D eigenvalue weighted by Gasteiger charge is 2.38. The van der Waals surface area contributed by atoms with Crippen molar-refractivity contribution in [3.8, 4) is 5.75 Å². The van der Waals surface area contributed by atoms with E-state index >= 15 is 0 Å². The number of carbonyl (C=O) groups is 1. The molecule has 1 amide bonds. The molecule has 0 bridgehead atoms. The van der Waals surface area contributed by atoms with Gasteiger partial charge in [-0.25, -0.2) is 8.42 Å². The second-order valence-electron chi connectivity index (χ2n) is 9.61. The number of aliphatic hydroxyl groups excluding tert-OH is 1. The Morgan fingerprint density at radius 2 is 1.82 bits per heavy atom. The van der Waals surface area contributed by atoms with Crippen LogP contribution in [0.15, 0.2) is 78.0 Å². The number of carbonyl (C=O) groups excluding carboxylic acids is 1. The van der Waals surface area contributed by atoms with Gasteiger partial charge in [0.25, 0.3) is 5.91 Å². The van der Waals surface area contributed by atoms with Gasteiger partial charge >= 0.3 is 0 Å². The summed E-state index contributed by atoms with van der Waals surface area (Å²) < 4.78 is 35.1. The van der Waals surface area contributed by atoms with Crippen molar-refractivity contribution in [2.24, 2.45) is 5.92 Å². The van der Waals surface area contributed by atoms with Crippen LogP contribution in [-0.4, -0.2) is 72.5 Å². The van der Waals surface area contributed by atoms with Crippen LogP contribution in [0.1, 0.15) is 35.3 Å². The predicted molar refractivity (Wildman–Crippen MR) is 147 cm³/mol. The number of hydrogen-bond acceptors (Lipinski definition) is 6. The Hall–Kier alpha value is -3.53. The molecule has 200 valence electrons. The molecule has 9 heteroatoms. The highest BCUT2D eigenvalue weighted by atomic mass is 32.2. The quantitative estimate of drug-likeness (QED) is 0.462. The van der Waals surface area contributed by atoms with Gasteiger partial charge in [0.05, 0.1) is 13.2 Å². The zero-order valence-electron chi connectivity index (χ0n) is 21.8. The molecule has 3 aromatic rings. The minimum absolute atomic E-state index is 0.0367. The molecule has 3 atom stereocenters. The van der Waals surface area contributed by atoms with Crippen molar-refractivity contribution in [1.82, 2.24) is 14.2 Å².